The molecule has 2 aromatic rings. The number of carbonyl (C=O) groups excluding carboxylic acids is 1. The van der Waals surface area contributed by atoms with E-state index in [4.69, 9.17) is 0 Å². The monoisotopic (exact) mass is 396 g/mol. The number of amides is 1. The lowest BCUT2D eigenvalue weighted by Crippen LogP contribution is -2.49. The van der Waals surface area contributed by atoms with Crippen LogP contribution in [-0.4, -0.2) is 48.5 Å². The Bertz CT molecular complexity index is 684. The number of aromatic nitrogens is 1. The van der Waals surface area contributed by atoms with Gasteiger partial charge in [0.25, 0.3) is 0 Å². The molecule has 0 spiro atoms. The fourth-order valence-electron chi connectivity index (χ4n) is 3.07. The van der Waals surface area contributed by atoms with Crippen LogP contribution in [0.3, 0.4) is 0 Å². The minimum atomic E-state index is 0. The molecule has 0 unspecified atom stereocenters. The maximum absolute atomic E-state index is 12.4. The summed E-state index contributed by atoms with van der Waals surface area (Å²) in [5.74, 6) is 1.07. The SMILES string of the molecule is Cc1cccc(C)c1NC(=O)CN1CCN(c2ccccn2)CC1.Cl.Cl. The summed E-state index contributed by atoms with van der Waals surface area (Å²) in [7, 11) is 0. The summed E-state index contributed by atoms with van der Waals surface area (Å²) >= 11 is 0. The zero-order valence-corrected chi connectivity index (χ0v) is 16.8. The minimum Gasteiger partial charge on any atom is -0.354 e. The van der Waals surface area contributed by atoms with Crippen LogP contribution in [0.5, 0.6) is 0 Å². The van der Waals surface area contributed by atoms with Crippen molar-refractivity contribution in [2.24, 2.45) is 0 Å². The van der Waals surface area contributed by atoms with Crippen molar-refractivity contribution in [2.75, 3.05) is 42.9 Å². The summed E-state index contributed by atoms with van der Waals surface area (Å²) < 4.78 is 0. The largest absolute Gasteiger partial charge is 0.354 e. The second-order valence-electron chi connectivity index (χ2n) is 6.27. The summed E-state index contributed by atoms with van der Waals surface area (Å²) in [6, 6.07) is 12.0. The number of benzene rings is 1. The van der Waals surface area contributed by atoms with Gasteiger partial charge in [-0.15, -0.1) is 24.8 Å². The molecule has 1 aliphatic rings. The predicted molar refractivity (Wildman–Crippen MR) is 112 cm³/mol. The lowest BCUT2D eigenvalue weighted by molar-refractivity contribution is -0.117. The topological polar surface area (TPSA) is 48.5 Å². The van der Waals surface area contributed by atoms with E-state index in [1.54, 1.807) is 0 Å². The van der Waals surface area contributed by atoms with Crippen LogP contribution in [0.2, 0.25) is 0 Å². The quantitative estimate of drug-likeness (QED) is 0.860. The molecular weight excluding hydrogens is 371 g/mol. The van der Waals surface area contributed by atoms with Gasteiger partial charge in [0.15, 0.2) is 0 Å². The Hall–Kier alpha value is -1.82. The molecule has 5 nitrogen and oxygen atoms in total. The molecule has 1 aromatic carbocycles. The van der Waals surface area contributed by atoms with Gasteiger partial charge in [-0.1, -0.05) is 24.3 Å². The number of hydrogen-bond donors (Lipinski definition) is 1. The van der Waals surface area contributed by atoms with E-state index in [1.165, 1.54) is 0 Å². The molecule has 1 fully saturated rings. The van der Waals surface area contributed by atoms with E-state index in [0.29, 0.717) is 6.54 Å². The van der Waals surface area contributed by atoms with Gasteiger partial charge in [0.2, 0.25) is 5.91 Å². The van der Waals surface area contributed by atoms with Gasteiger partial charge in [0, 0.05) is 38.1 Å². The van der Waals surface area contributed by atoms with Gasteiger partial charge in [-0.3, -0.25) is 9.69 Å². The van der Waals surface area contributed by atoms with Crippen molar-refractivity contribution in [1.29, 1.82) is 0 Å². The Morgan fingerprint density at radius 2 is 1.65 bits per heavy atom. The number of halogens is 2. The van der Waals surface area contributed by atoms with Gasteiger partial charge in [0.1, 0.15) is 5.82 Å². The fourth-order valence-corrected chi connectivity index (χ4v) is 3.07. The van der Waals surface area contributed by atoms with Crippen LogP contribution in [0, 0.1) is 13.8 Å². The van der Waals surface area contributed by atoms with Crippen molar-refractivity contribution in [2.45, 2.75) is 13.8 Å². The first kappa shape index (κ1) is 22.2. The van der Waals surface area contributed by atoms with E-state index >= 15 is 0 Å². The Balaban J connectivity index is 0.00000169. The van der Waals surface area contributed by atoms with Crippen LogP contribution in [0.4, 0.5) is 11.5 Å². The van der Waals surface area contributed by atoms with Gasteiger partial charge in [-0.05, 0) is 37.1 Å². The molecule has 1 aliphatic heterocycles. The average Bonchev–Trinajstić information content (AvgIpc) is 2.60. The van der Waals surface area contributed by atoms with Crippen molar-refractivity contribution >= 4 is 42.2 Å². The Morgan fingerprint density at radius 3 is 2.23 bits per heavy atom. The van der Waals surface area contributed by atoms with Crippen molar-refractivity contribution in [3.8, 4) is 0 Å². The summed E-state index contributed by atoms with van der Waals surface area (Å²) in [4.78, 5) is 21.2. The molecule has 1 amide bonds. The van der Waals surface area contributed by atoms with Crippen LogP contribution in [0.25, 0.3) is 0 Å². The molecule has 7 heteroatoms. The van der Waals surface area contributed by atoms with Gasteiger partial charge in [-0.2, -0.15) is 0 Å². The fraction of sp³-hybridized carbons (Fsp3) is 0.368. The van der Waals surface area contributed by atoms with Gasteiger partial charge in [-0.25, -0.2) is 4.98 Å². The third-order valence-corrected chi connectivity index (χ3v) is 4.46. The first-order valence-corrected chi connectivity index (χ1v) is 8.38. The molecule has 0 aliphatic carbocycles. The van der Waals surface area contributed by atoms with Crippen LogP contribution < -0.4 is 10.2 Å². The molecule has 142 valence electrons. The maximum Gasteiger partial charge on any atom is 0.238 e. The average molecular weight is 397 g/mol. The second kappa shape index (κ2) is 10.4. The van der Waals surface area contributed by atoms with Gasteiger partial charge < -0.3 is 10.2 Å². The Morgan fingerprint density at radius 1 is 1.00 bits per heavy atom. The maximum atomic E-state index is 12.4. The van der Waals surface area contributed by atoms with E-state index in [9.17, 15) is 4.79 Å². The van der Waals surface area contributed by atoms with Crippen LogP contribution in [-0.2, 0) is 4.79 Å². The number of rotatable bonds is 4. The minimum absolute atomic E-state index is 0. The molecule has 0 saturated carbocycles. The van der Waals surface area contributed by atoms with Crippen LogP contribution >= 0.6 is 24.8 Å². The Kier molecular flexibility index (Phi) is 8.85. The first-order valence-electron chi connectivity index (χ1n) is 8.38. The van der Waals surface area contributed by atoms with Crippen LogP contribution in [0.1, 0.15) is 11.1 Å². The lowest BCUT2D eigenvalue weighted by atomic mass is 10.1. The number of nitrogens with zero attached hydrogens (tertiary/aromatic N) is 3. The standard InChI is InChI=1S/C19H24N4O.2ClH/c1-15-6-5-7-16(2)19(15)21-18(24)14-22-10-12-23(13-11-22)17-8-3-4-9-20-17;;/h3-9H,10-14H2,1-2H3,(H,21,24);2*1H. The van der Waals surface area contributed by atoms with E-state index in [2.05, 4.69) is 20.1 Å². The van der Waals surface area contributed by atoms with E-state index < -0.39 is 0 Å². The van der Waals surface area contributed by atoms with E-state index in [1.807, 2.05) is 56.4 Å². The van der Waals surface area contributed by atoms with Gasteiger partial charge >= 0.3 is 0 Å². The predicted octanol–water partition coefficient (Wildman–Crippen LogP) is 3.30. The lowest BCUT2D eigenvalue weighted by Gasteiger charge is -2.35. The van der Waals surface area contributed by atoms with Gasteiger partial charge in [0.05, 0.1) is 6.54 Å². The zero-order chi connectivity index (χ0) is 16.9. The number of anilines is 2. The number of piperazine rings is 1. The normalized spacial score (nSPS) is 14.2. The van der Waals surface area contributed by atoms with Crippen molar-refractivity contribution in [3.63, 3.8) is 0 Å². The summed E-state index contributed by atoms with van der Waals surface area (Å²) in [5, 5.41) is 3.06. The summed E-state index contributed by atoms with van der Waals surface area (Å²) in [5.41, 5.74) is 3.14. The van der Waals surface area contributed by atoms with E-state index in [0.717, 1.165) is 48.8 Å². The number of aryl methyl sites for hydroxylation is 2. The molecule has 0 bridgehead atoms. The third-order valence-electron chi connectivity index (χ3n) is 4.46. The number of nitrogens with one attached hydrogen (secondary N) is 1. The molecule has 0 radical (unpaired) electrons. The molecule has 2 heterocycles. The highest BCUT2D eigenvalue weighted by Gasteiger charge is 2.20. The highest BCUT2D eigenvalue weighted by Crippen LogP contribution is 2.19. The van der Waals surface area contributed by atoms with E-state index in [-0.39, 0.29) is 30.7 Å². The van der Waals surface area contributed by atoms with Crippen molar-refractivity contribution in [1.82, 2.24) is 9.88 Å². The number of pyridine rings is 1. The van der Waals surface area contributed by atoms with Crippen molar-refractivity contribution in [3.05, 3.63) is 53.7 Å². The molecular formula is C19H26Cl2N4O. The zero-order valence-electron chi connectivity index (χ0n) is 15.1. The molecule has 3 rings (SSSR count). The number of para-hydroxylation sites is 1. The molecule has 26 heavy (non-hydrogen) atoms. The van der Waals surface area contributed by atoms with Crippen LogP contribution in [0.15, 0.2) is 42.6 Å². The highest BCUT2D eigenvalue weighted by atomic mass is 35.5. The molecule has 1 N–H and O–H groups in total. The number of hydrogen-bond acceptors (Lipinski definition) is 4. The third kappa shape index (κ3) is 5.59. The molecule has 1 aromatic heterocycles. The molecule has 0 atom stereocenters. The first-order chi connectivity index (χ1) is 11.6. The number of carbonyl (C=O) groups is 1. The highest BCUT2D eigenvalue weighted by molar-refractivity contribution is 5.93. The molecule has 1 saturated heterocycles. The second-order valence-corrected chi connectivity index (χ2v) is 6.27. The smallest absolute Gasteiger partial charge is 0.238 e. The summed E-state index contributed by atoms with van der Waals surface area (Å²) in [6.45, 7) is 8.02. The summed E-state index contributed by atoms with van der Waals surface area (Å²) in [6.07, 6.45) is 1.82. The Labute approximate surface area is 167 Å². The van der Waals surface area contributed by atoms with Crippen molar-refractivity contribution < 1.29 is 4.79 Å².